The number of esters is 1. The zero-order chi connectivity index (χ0) is 21.4. The van der Waals surface area contributed by atoms with Gasteiger partial charge >= 0.3 is 12.6 Å². The van der Waals surface area contributed by atoms with E-state index in [-0.39, 0.29) is 22.8 Å². The molecule has 0 atom stereocenters. The molecule has 2 aromatic rings. The molecule has 0 spiro atoms. The number of carbonyl (C=O) groups excluding carboxylic acids is 3. The Labute approximate surface area is 165 Å². The molecule has 0 amide bonds. The first-order valence-electron chi connectivity index (χ1n) is 8.35. The molecular formula is C20H18F2O7. The minimum Gasteiger partial charge on any atom is -0.493 e. The molecule has 0 fully saturated rings. The van der Waals surface area contributed by atoms with Crippen molar-refractivity contribution in [2.24, 2.45) is 0 Å². The molecular weight excluding hydrogens is 390 g/mol. The fourth-order valence-corrected chi connectivity index (χ4v) is 2.23. The number of methoxy groups -OCH3 is 1. The fourth-order valence-electron chi connectivity index (χ4n) is 2.23. The number of Topliss-reactive ketones (excluding diaryl/α,β-unsaturated/α-hetero) is 2. The van der Waals surface area contributed by atoms with Crippen LogP contribution in [0.15, 0.2) is 42.5 Å². The van der Waals surface area contributed by atoms with E-state index in [2.05, 4.69) is 4.74 Å². The van der Waals surface area contributed by atoms with Gasteiger partial charge < -0.3 is 18.9 Å². The average molecular weight is 408 g/mol. The number of alkyl halides is 2. The van der Waals surface area contributed by atoms with Crippen molar-refractivity contribution in [3.05, 3.63) is 53.6 Å². The quantitative estimate of drug-likeness (QED) is 0.440. The monoisotopic (exact) mass is 408 g/mol. The lowest BCUT2D eigenvalue weighted by Gasteiger charge is -2.11. The van der Waals surface area contributed by atoms with Gasteiger partial charge in [-0.05, 0) is 49.4 Å². The summed E-state index contributed by atoms with van der Waals surface area (Å²) < 4.78 is 43.9. The van der Waals surface area contributed by atoms with E-state index < -0.39 is 31.6 Å². The summed E-state index contributed by atoms with van der Waals surface area (Å²) in [6.45, 7) is -2.61. The minimum absolute atomic E-state index is 0.0557. The van der Waals surface area contributed by atoms with Crippen molar-refractivity contribution in [1.82, 2.24) is 0 Å². The highest BCUT2D eigenvalue weighted by Gasteiger charge is 2.16. The Kier molecular flexibility index (Phi) is 7.64. The molecule has 0 heterocycles. The third-order valence-electron chi connectivity index (χ3n) is 3.68. The zero-order valence-electron chi connectivity index (χ0n) is 15.6. The normalized spacial score (nSPS) is 10.4. The molecule has 0 saturated carbocycles. The number of rotatable bonds is 10. The SMILES string of the molecule is COc1cc(C(=O)COC(=O)COc2ccc(C(C)=O)cc2)ccc1OC(F)F. The van der Waals surface area contributed by atoms with Crippen molar-refractivity contribution in [2.45, 2.75) is 13.5 Å². The van der Waals surface area contributed by atoms with Crippen molar-refractivity contribution < 1.29 is 42.1 Å². The molecule has 0 radical (unpaired) electrons. The van der Waals surface area contributed by atoms with Crippen LogP contribution in [-0.4, -0.2) is 44.5 Å². The number of halogens is 2. The van der Waals surface area contributed by atoms with Crippen molar-refractivity contribution in [3.63, 3.8) is 0 Å². The van der Waals surface area contributed by atoms with Crippen LogP contribution in [0.1, 0.15) is 27.6 Å². The van der Waals surface area contributed by atoms with Crippen LogP contribution in [0.3, 0.4) is 0 Å². The summed E-state index contributed by atoms with van der Waals surface area (Å²) in [5, 5.41) is 0. The standard InChI is InChI=1S/C20H18F2O7/c1-12(23)13-3-6-15(7-4-13)27-11-19(25)28-10-16(24)14-5-8-17(29-20(21)22)18(9-14)26-2/h3-9,20H,10-11H2,1-2H3. The second-order valence-electron chi connectivity index (χ2n) is 5.70. The molecule has 0 aliphatic rings. The number of benzene rings is 2. The lowest BCUT2D eigenvalue weighted by Crippen LogP contribution is -2.19. The maximum atomic E-state index is 12.3. The van der Waals surface area contributed by atoms with E-state index in [0.29, 0.717) is 11.3 Å². The summed E-state index contributed by atoms with van der Waals surface area (Å²) in [6.07, 6.45) is 0. The molecule has 0 aliphatic carbocycles. The van der Waals surface area contributed by atoms with Gasteiger partial charge in [0.05, 0.1) is 7.11 Å². The van der Waals surface area contributed by atoms with Gasteiger partial charge in [0, 0.05) is 11.1 Å². The summed E-state index contributed by atoms with van der Waals surface area (Å²) >= 11 is 0. The van der Waals surface area contributed by atoms with Crippen LogP contribution in [0.2, 0.25) is 0 Å². The molecule has 9 heteroatoms. The van der Waals surface area contributed by atoms with Crippen LogP contribution in [0.5, 0.6) is 17.2 Å². The van der Waals surface area contributed by atoms with Crippen LogP contribution >= 0.6 is 0 Å². The zero-order valence-corrected chi connectivity index (χ0v) is 15.6. The van der Waals surface area contributed by atoms with Crippen molar-refractivity contribution >= 4 is 17.5 Å². The molecule has 0 aliphatic heterocycles. The number of carbonyl (C=O) groups is 3. The third-order valence-corrected chi connectivity index (χ3v) is 3.68. The highest BCUT2D eigenvalue weighted by Crippen LogP contribution is 2.29. The summed E-state index contributed by atoms with van der Waals surface area (Å²) in [5.41, 5.74) is 0.600. The van der Waals surface area contributed by atoms with E-state index >= 15 is 0 Å². The minimum atomic E-state index is -3.04. The van der Waals surface area contributed by atoms with E-state index in [0.717, 1.165) is 6.07 Å². The summed E-state index contributed by atoms with van der Waals surface area (Å²) in [5.74, 6) is -1.36. The van der Waals surface area contributed by atoms with E-state index in [9.17, 15) is 23.2 Å². The Morgan fingerprint density at radius 3 is 2.17 bits per heavy atom. The highest BCUT2D eigenvalue weighted by molar-refractivity contribution is 5.98. The van der Waals surface area contributed by atoms with Gasteiger partial charge in [-0.15, -0.1) is 0 Å². The first-order chi connectivity index (χ1) is 13.8. The smallest absolute Gasteiger partial charge is 0.387 e. The Hall–Kier alpha value is -3.49. The van der Waals surface area contributed by atoms with Gasteiger partial charge in [-0.1, -0.05) is 0 Å². The number of ketones is 2. The van der Waals surface area contributed by atoms with Crippen LogP contribution in [0.4, 0.5) is 8.78 Å². The van der Waals surface area contributed by atoms with Gasteiger partial charge in [0.2, 0.25) is 0 Å². The number of ether oxygens (including phenoxy) is 4. The molecule has 0 saturated heterocycles. The molecule has 29 heavy (non-hydrogen) atoms. The average Bonchev–Trinajstić information content (AvgIpc) is 2.70. The number of hydrogen-bond acceptors (Lipinski definition) is 7. The predicted octanol–water partition coefficient (Wildman–Crippen LogP) is 3.30. The summed E-state index contributed by atoms with van der Waals surface area (Å²) in [6, 6.07) is 9.80. The van der Waals surface area contributed by atoms with E-state index in [4.69, 9.17) is 14.2 Å². The van der Waals surface area contributed by atoms with Gasteiger partial charge in [-0.25, -0.2) is 4.79 Å². The lowest BCUT2D eigenvalue weighted by molar-refractivity contribution is -0.144. The molecule has 2 aromatic carbocycles. The van der Waals surface area contributed by atoms with E-state index in [1.54, 1.807) is 12.1 Å². The molecule has 0 N–H and O–H groups in total. The van der Waals surface area contributed by atoms with Gasteiger partial charge in [-0.2, -0.15) is 8.78 Å². The molecule has 154 valence electrons. The second-order valence-corrected chi connectivity index (χ2v) is 5.70. The maximum absolute atomic E-state index is 12.3. The summed E-state index contributed by atoms with van der Waals surface area (Å²) in [7, 11) is 1.24. The first kappa shape index (κ1) is 21.8. The van der Waals surface area contributed by atoms with Crippen LogP contribution in [-0.2, 0) is 9.53 Å². The van der Waals surface area contributed by atoms with Gasteiger partial charge in [0.15, 0.2) is 36.3 Å². The Bertz CT molecular complexity index is 879. The molecule has 0 aromatic heterocycles. The Morgan fingerprint density at radius 2 is 1.59 bits per heavy atom. The Morgan fingerprint density at radius 1 is 0.931 bits per heavy atom. The largest absolute Gasteiger partial charge is 0.493 e. The van der Waals surface area contributed by atoms with Gasteiger partial charge in [0.1, 0.15) is 5.75 Å². The van der Waals surface area contributed by atoms with Crippen LogP contribution in [0.25, 0.3) is 0 Å². The second kappa shape index (κ2) is 10.2. The van der Waals surface area contributed by atoms with Gasteiger partial charge in [0.25, 0.3) is 0 Å². The highest BCUT2D eigenvalue weighted by atomic mass is 19.3. The lowest BCUT2D eigenvalue weighted by atomic mass is 10.1. The van der Waals surface area contributed by atoms with Crippen LogP contribution in [0, 0.1) is 0 Å². The summed E-state index contributed by atoms with van der Waals surface area (Å²) in [4.78, 5) is 35.1. The van der Waals surface area contributed by atoms with Crippen molar-refractivity contribution in [1.29, 1.82) is 0 Å². The maximum Gasteiger partial charge on any atom is 0.387 e. The molecule has 7 nitrogen and oxygen atoms in total. The topological polar surface area (TPSA) is 88.1 Å². The molecule has 2 rings (SSSR count). The van der Waals surface area contributed by atoms with E-state index in [1.165, 1.54) is 38.3 Å². The predicted molar refractivity (Wildman–Crippen MR) is 96.9 cm³/mol. The molecule has 0 bridgehead atoms. The number of hydrogen-bond donors (Lipinski definition) is 0. The van der Waals surface area contributed by atoms with Crippen molar-refractivity contribution in [3.8, 4) is 17.2 Å². The van der Waals surface area contributed by atoms with Crippen molar-refractivity contribution in [2.75, 3.05) is 20.3 Å². The molecule has 0 unspecified atom stereocenters. The van der Waals surface area contributed by atoms with Gasteiger partial charge in [-0.3, -0.25) is 9.59 Å². The first-order valence-corrected chi connectivity index (χ1v) is 8.35. The van der Waals surface area contributed by atoms with E-state index in [1.807, 2.05) is 0 Å². The fraction of sp³-hybridized carbons (Fsp3) is 0.250. The van der Waals surface area contributed by atoms with Crippen LogP contribution < -0.4 is 14.2 Å². The Balaban J connectivity index is 1.86. The third kappa shape index (κ3) is 6.56.